The van der Waals surface area contributed by atoms with E-state index in [-0.39, 0.29) is 5.69 Å². The maximum atomic E-state index is 13.1. The number of halogens is 1. The Morgan fingerprint density at radius 2 is 1.82 bits per heavy atom. The quantitative estimate of drug-likeness (QED) is 0.678. The molecule has 0 saturated carbocycles. The number of rotatable bonds is 8. The fraction of sp³-hybridized carbons (Fsp3) is 0.250. The van der Waals surface area contributed by atoms with Crippen molar-refractivity contribution in [1.29, 1.82) is 0 Å². The number of ether oxygens (including phenoxy) is 2. The van der Waals surface area contributed by atoms with Crippen molar-refractivity contribution in [3.8, 4) is 5.75 Å². The standard InChI is InChI=1S/C20H21FN2O5/c1-3-27-17-9-7-14(8-10-17)20(26)22-12-18(24)28-13(2)19(25)23-16-6-4-5-15(21)11-16/h4-11,13H,3,12H2,1-2H3,(H,22,26)(H,23,25)/t13-/m0/s1. The molecule has 2 amide bonds. The van der Waals surface area contributed by atoms with E-state index in [4.69, 9.17) is 9.47 Å². The summed E-state index contributed by atoms with van der Waals surface area (Å²) in [5.74, 6) is -1.72. The summed E-state index contributed by atoms with van der Waals surface area (Å²) >= 11 is 0. The third kappa shape index (κ3) is 6.39. The van der Waals surface area contributed by atoms with Crippen molar-refractivity contribution in [2.75, 3.05) is 18.5 Å². The second kappa shape index (κ2) is 10.1. The monoisotopic (exact) mass is 388 g/mol. The predicted octanol–water partition coefficient (Wildman–Crippen LogP) is 2.52. The Kier molecular flexibility index (Phi) is 7.50. The van der Waals surface area contributed by atoms with Crippen LogP contribution in [0, 0.1) is 5.82 Å². The maximum absolute atomic E-state index is 13.1. The molecule has 7 nitrogen and oxygen atoms in total. The molecular formula is C20H21FN2O5. The largest absolute Gasteiger partial charge is 0.494 e. The van der Waals surface area contributed by atoms with Crippen molar-refractivity contribution in [2.45, 2.75) is 20.0 Å². The van der Waals surface area contributed by atoms with Crippen LogP contribution in [0.3, 0.4) is 0 Å². The Morgan fingerprint density at radius 1 is 1.11 bits per heavy atom. The normalized spacial score (nSPS) is 11.2. The molecule has 1 atom stereocenters. The van der Waals surface area contributed by atoms with Crippen LogP contribution < -0.4 is 15.4 Å². The zero-order valence-electron chi connectivity index (χ0n) is 15.5. The molecule has 0 aliphatic carbocycles. The SMILES string of the molecule is CCOc1ccc(C(=O)NCC(=O)O[C@@H](C)C(=O)Nc2cccc(F)c2)cc1. The second-order valence-electron chi connectivity index (χ2n) is 5.77. The van der Waals surface area contributed by atoms with Crippen LogP contribution in [0.4, 0.5) is 10.1 Å². The van der Waals surface area contributed by atoms with Crippen LogP contribution >= 0.6 is 0 Å². The second-order valence-corrected chi connectivity index (χ2v) is 5.77. The van der Waals surface area contributed by atoms with E-state index in [0.717, 1.165) is 6.07 Å². The number of hydrogen-bond donors (Lipinski definition) is 2. The van der Waals surface area contributed by atoms with Crippen molar-refractivity contribution >= 4 is 23.5 Å². The third-order valence-corrected chi connectivity index (χ3v) is 3.59. The van der Waals surface area contributed by atoms with Gasteiger partial charge in [-0.25, -0.2) is 4.39 Å². The molecule has 0 bridgehead atoms. The highest BCUT2D eigenvalue weighted by Gasteiger charge is 2.18. The molecule has 2 aromatic carbocycles. The highest BCUT2D eigenvalue weighted by atomic mass is 19.1. The molecule has 0 saturated heterocycles. The summed E-state index contributed by atoms with van der Waals surface area (Å²) in [7, 11) is 0. The molecule has 2 aromatic rings. The Labute approximate surface area is 161 Å². The number of nitrogens with one attached hydrogen (secondary N) is 2. The lowest BCUT2D eigenvalue weighted by atomic mass is 10.2. The summed E-state index contributed by atoms with van der Waals surface area (Å²) < 4.78 is 23.4. The number of carbonyl (C=O) groups is 3. The molecule has 148 valence electrons. The first-order valence-electron chi connectivity index (χ1n) is 8.66. The van der Waals surface area contributed by atoms with E-state index in [0.29, 0.717) is 17.9 Å². The van der Waals surface area contributed by atoms with Crippen molar-refractivity contribution < 1.29 is 28.2 Å². The number of benzene rings is 2. The van der Waals surface area contributed by atoms with Gasteiger partial charge < -0.3 is 20.1 Å². The molecule has 0 fully saturated rings. The lowest BCUT2D eigenvalue weighted by molar-refractivity contribution is -0.152. The molecule has 8 heteroatoms. The topological polar surface area (TPSA) is 93.7 Å². The van der Waals surface area contributed by atoms with E-state index in [2.05, 4.69) is 10.6 Å². The Bertz CT molecular complexity index is 839. The van der Waals surface area contributed by atoms with Gasteiger partial charge in [-0.2, -0.15) is 0 Å². The van der Waals surface area contributed by atoms with Crippen molar-refractivity contribution in [3.05, 3.63) is 59.9 Å². The van der Waals surface area contributed by atoms with Gasteiger partial charge in [-0.05, 0) is 56.3 Å². The van der Waals surface area contributed by atoms with E-state index in [9.17, 15) is 18.8 Å². The maximum Gasteiger partial charge on any atom is 0.326 e. The van der Waals surface area contributed by atoms with Gasteiger partial charge in [0.15, 0.2) is 6.10 Å². The summed E-state index contributed by atoms with van der Waals surface area (Å²) in [5.41, 5.74) is 0.602. The average molecular weight is 388 g/mol. The number of carbonyl (C=O) groups excluding carboxylic acids is 3. The van der Waals surface area contributed by atoms with Crippen molar-refractivity contribution in [2.24, 2.45) is 0 Å². The van der Waals surface area contributed by atoms with Crippen LogP contribution in [-0.2, 0) is 14.3 Å². The summed E-state index contributed by atoms with van der Waals surface area (Å²) in [6.07, 6.45) is -1.11. The first-order valence-corrected chi connectivity index (χ1v) is 8.66. The van der Waals surface area contributed by atoms with E-state index in [1.54, 1.807) is 24.3 Å². The first kappa shape index (κ1) is 20.9. The van der Waals surface area contributed by atoms with Gasteiger partial charge in [0.05, 0.1) is 6.61 Å². The molecule has 0 aliphatic rings. The van der Waals surface area contributed by atoms with Gasteiger partial charge in [0.1, 0.15) is 18.1 Å². The molecule has 2 N–H and O–H groups in total. The minimum atomic E-state index is -1.11. The smallest absolute Gasteiger partial charge is 0.326 e. The summed E-state index contributed by atoms with van der Waals surface area (Å²) in [6, 6.07) is 11.8. The summed E-state index contributed by atoms with van der Waals surface area (Å²) in [6.45, 7) is 3.35. The Morgan fingerprint density at radius 3 is 2.46 bits per heavy atom. The molecule has 0 radical (unpaired) electrons. The van der Waals surface area contributed by atoms with Crippen LogP contribution in [0.1, 0.15) is 24.2 Å². The zero-order valence-corrected chi connectivity index (χ0v) is 15.5. The van der Waals surface area contributed by atoms with Crippen LogP contribution in [0.15, 0.2) is 48.5 Å². The highest BCUT2D eigenvalue weighted by Crippen LogP contribution is 2.12. The predicted molar refractivity (Wildman–Crippen MR) is 101 cm³/mol. The van der Waals surface area contributed by atoms with Crippen LogP contribution in [-0.4, -0.2) is 37.0 Å². The van der Waals surface area contributed by atoms with Gasteiger partial charge in [-0.3, -0.25) is 14.4 Å². The number of esters is 1. The van der Waals surface area contributed by atoms with Gasteiger partial charge in [-0.1, -0.05) is 6.07 Å². The van der Waals surface area contributed by atoms with Crippen LogP contribution in [0.25, 0.3) is 0 Å². The fourth-order valence-corrected chi connectivity index (χ4v) is 2.23. The first-order chi connectivity index (χ1) is 13.4. The van der Waals surface area contributed by atoms with Gasteiger partial charge in [0.25, 0.3) is 11.8 Å². The van der Waals surface area contributed by atoms with Gasteiger partial charge >= 0.3 is 5.97 Å². The minimum absolute atomic E-state index is 0.247. The number of hydrogen-bond acceptors (Lipinski definition) is 5. The summed E-state index contributed by atoms with van der Waals surface area (Å²) in [4.78, 5) is 35.9. The zero-order chi connectivity index (χ0) is 20.5. The third-order valence-electron chi connectivity index (χ3n) is 3.59. The lowest BCUT2D eigenvalue weighted by Crippen LogP contribution is -2.35. The summed E-state index contributed by atoms with van der Waals surface area (Å²) in [5, 5.41) is 4.85. The van der Waals surface area contributed by atoms with Gasteiger partial charge in [-0.15, -0.1) is 0 Å². The van der Waals surface area contributed by atoms with Gasteiger partial charge in [0, 0.05) is 11.3 Å². The fourth-order valence-electron chi connectivity index (χ4n) is 2.23. The van der Waals surface area contributed by atoms with Crippen molar-refractivity contribution in [3.63, 3.8) is 0 Å². The molecule has 0 unspecified atom stereocenters. The molecule has 0 aromatic heterocycles. The minimum Gasteiger partial charge on any atom is -0.494 e. The molecule has 0 aliphatic heterocycles. The molecule has 28 heavy (non-hydrogen) atoms. The molecular weight excluding hydrogens is 367 g/mol. The molecule has 0 heterocycles. The van der Waals surface area contributed by atoms with E-state index in [1.165, 1.54) is 25.1 Å². The van der Waals surface area contributed by atoms with E-state index in [1.807, 2.05) is 6.92 Å². The Hall–Kier alpha value is -3.42. The van der Waals surface area contributed by atoms with E-state index >= 15 is 0 Å². The number of amides is 2. The highest BCUT2D eigenvalue weighted by molar-refractivity contribution is 5.97. The van der Waals surface area contributed by atoms with E-state index < -0.39 is 36.2 Å². The van der Waals surface area contributed by atoms with Crippen LogP contribution in [0.2, 0.25) is 0 Å². The van der Waals surface area contributed by atoms with Crippen LogP contribution in [0.5, 0.6) is 5.75 Å². The number of anilines is 1. The average Bonchev–Trinajstić information content (AvgIpc) is 2.67. The van der Waals surface area contributed by atoms with Crippen molar-refractivity contribution in [1.82, 2.24) is 5.32 Å². The molecule has 2 rings (SSSR count). The Balaban J connectivity index is 1.79. The van der Waals surface area contributed by atoms with Gasteiger partial charge in [0.2, 0.25) is 0 Å². The lowest BCUT2D eigenvalue weighted by Gasteiger charge is -2.14. The molecule has 0 spiro atoms.